The molecule has 0 atom stereocenters. The van der Waals surface area contributed by atoms with Gasteiger partial charge >= 0.3 is 5.69 Å². The number of nitrogens with zero attached hydrogens (tertiary/aromatic N) is 8. The molecule has 22 heteroatoms. The minimum absolute atomic E-state index is 0.0417. The number of isocyanates is 4. The molecule has 0 amide bonds. The molecule has 0 radical (unpaired) electrons. The third-order valence-electron chi connectivity index (χ3n) is 5.75. The summed E-state index contributed by atoms with van der Waals surface area (Å²) in [4.78, 5) is 91.3. The Morgan fingerprint density at radius 3 is 1.60 bits per heavy atom. The molecule has 0 bridgehead atoms. The van der Waals surface area contributed by atoms with E-state index in [4.69, 9.17) is 11.6 Å². The van der Waals surface area contributed by atoms with Crippen molar-refractivity contribution in [2.24, 2.45) is 20.0 Å². The lowest BCUT2D eigenvalue weighted by molar-refractivity contribution is -0.385. The first-order valence-corrected chi connectivity index (χ1v) is 13.7. The second-order valence-electron chi connectivity index (χ2n) is 9.00. The van der Waals surface area contributed by atoms with Crippen LogP contribution >= 0.6 is 11.6 Å². The second-order valence-corrected chi connectivity index (χ2v) is 9.40. The lowest BCUT2D eigenvalue weighted by Crippen LogP contribution is -1.91. The van der Waals surface area contributed by atoms with Crippen molar-refractivity contribution >= 4 is 81.4 Å². The number of nitro groups is 4. The smallest absolute Gasteiger partial charge is 0.258 e. The molecule has 264 valence electrons. The zero-order chi connectivity index (χ0) is 39.4. The quantitative estimate of drug-likeness (QED) is 0.0728. The standard InChI is InChI=1S/2C8H6N2O3.C7H3ClN2O3.C7H3FN2O3/c1-6-2-3-7(9-5-11)4-8(6)10(12)13;1-6-3-2-4-7(9-5-11)8(6)10(12)13;8-5-2-1-3-6(9-4-11)7(5)10(12)13;8-6-2-1-5(10(12)13)3-7(6)9-4-11/h2*2-4H,1H3;2*1-3H. The van der Waals surface area contributed by atoms with Crippen molar-refractivity contribution in [3.05, 3.63) is 135 Å². The van der Waals surface area contributed by atoms with E-state index in [9.17, 15) is 64.0 Å². The number of carbonyl (C=O) groups excluding carboxylic acids is 4. The summed E-state index contributed by atoms with van der Waals surface area (Å²) in [7, 11) is 0. The Morgan fingerprint density at radius 1 is 0.577 bits per heavy atom. The van der Waals surface area contributed by atoms with E-state index in [1.54, 1.807) is 26.0 Å². The van der Waals surface area contributed by atoms with Crippen LogP contribution in [0.1, 0.15) is 11.1 Å². The van der Waals surface area contributed by atoms with Gasteiger partial charge in [-0.15, -0.1) is 0 Å². The van der Waals surface area contributed by atoms with E-state index >= 15 is 0 Å². The molecule has 0 aromatic heterocycles. The van der Waals surface area contributed by atoms with E-state index in [0.29, 0.717) is 11.1 Å². The summed E-state index contributed by atoms with van der Waals surface area (Å²) in [6.07, 6.45) is 4.92. The molecule has 0 aliphatic rings. The highest BCUT2D eigenvalue weighted by atomic mass is 35.5. The number of para-hydroxylation sites is 2. The normalized spacial score (nSPS) is 9.00. The average Bonchev–Trinajstić information content (AvgIpc) is 3.07. The van der Waals surface area contributed by atoms with Crippen LogP contribution in [0.5, 0.6) is 0 Å². The number of aryl methyl sites for hydroxylation is 2. The molecule has 0 saturated carbocycles. The number of non-ortho nitro benzene ring substituents is 1. The van der Waals surface area contributed by atoms with E-state index < -0.39 is 25.5 Å². The second kappa shape index (κ2) is 21.2. The van der Waals surface area contributed by atoms with Gasteiger partial charge in [-0.05, 0) is 44.2 Å². The highest BCUT2D eigenvalue weighted by Crippen LogP contribution is 2.34. The maximum atomic E-state index is 12.7. The molecule has 0 N–H and O–H groups in total. The minimum atomic E-state index is -0.797. The number of rotatable bonds is 8. The van der Waals surface area contributed by atoms with E-state index in [-0.39, 0.29) is 50.5 Å². The van der Waals surface area contributed by atoms with Gasteiger partial charge in [-0.2, -0.15) is 20.0 Å². The number of hydrogen-bond acceptors (Lipinski definition) is 16. The first-order chi connectivity index (χ1) is 24.6. The van der Waals surface area contributed by atoms with Crippen LogP contribution in [0.15, 0.2) is 92.8 Å². The molecule has 0 aliphatic carbocycles. The molecule has 20 nitrogen and oxygen atoms in total. The molecule has 0 spiro atoms. The summed E-state index contributed by atoms with van der Waals surface area (Å²) >= 11 is 5.53. The fourth-order valence-corrected chi connectivity index (χ4v) is 3.75. The Hall–Kier alpha value is -7.78. The number of halogens is 2. The van der Waals surface area contributed by atoms with Gasteiger partial charge in [0.25, 0.3) is 17.1 Å². The molecule has 4 aromatic rings. The van der Waals surface area contributed by atoms with Gasteiger partial charge in [0.2, 0.25) is 24.3 Å². The van der Waals surface area contributed by atoms with Crippen LogP contribution < -0.4 is 0 Å². The number of benzene rings is 4. The van der Waals surface area contributed by atoms with Crippen molar-refractivity contribution in [2.45, 2.75) is 13.8 Å². The Labute approximate surface area is 293 Å². The average molecular weight is 737 g/mol. The molecule has 4 rings (SSSR count). The fourth-order valence-electron chi connectivity index (χ4n) is 3.51. The fraction of sp³-hybridized carbons (Fsp3) is 0.0667. The first kappa shape index (κ1) is 42.2. The van der Waals surface area contributed by atoms with Gasteiger partial charge in [0.1, 0.15) is 16.5 Å². The molecule has 0 aliphatic heterocycles. The highest BCUT2D eigenvalue weighted by Gasteiger charge is 2.18. The van der Waals surface area contributed by atoms with E-state index in [1.807, 2.05) is 0 Å². The summed E-state index contributed by atoms with van der Waals surface area (Å²) in [6.45, 7) is 3.20. The van der Waals surface area contributed by atoms with Gasteiger partial charge < -0.3 is 0 Å². The third kappa shape index (κ3) is 13.0. The van der Waals surface area contributed by atoms with Crippen molar-refractivity contribution < 1.29 is 43.3 Å². The third-order valence-corrected chi connectivity index (χ3v) is 6.06. The van der Waals surface area contributed by atoms with Gasteiger partial charge in [-0.25, -0.2) is 23.6 Å². The van der Waals surface area contributed by atoms with Crippen LogP contribution in [0.4, 0.5) is 49.9 Å². The van der Waals surface area contributed by atoms with E-state index in [1.165, 1.54) is 60.7 Å². The van der Waals surface area contributed by atoms with Crippen LogP contribution in [0.3, 0.4) is 0 Å². The molecule has 4 aromatic carbocycles. The van der Waals surface area contributed by atoms with Crippen molar-refractivity contribution in [3.63, 3.8) is 0 Å². The summed E-state index contributed by atoms with van der Waals surface area (Å²) in [5.41, 5.74) is -0.0781. The zero-order valence-corrected chi connectivity index (χ0v) is 26.9. The largest absolute Gasteiger partial charge is 0.314 e. The van der Waals surface area contributed by atoms with Crippen molar-refractivity contribution in [1.29, 1.82) is 0 Å². The van der Waals surface area contributed by atoms with Gasteiger partial charge in [0.15, 0.2) is 11.4 Å². The van der Waals surface area contributed by atoms with Crippen LogP contribution in [0.25, 0.3) is 0 Å². The van der Waals surface area contributed by atoms with Crippen molar-refractivity contribution in [3.8, 4) is 0 Å². The van der Waals surface area contributed by atoms with Crippen molar-refractivity contribution in [2.75, 3.05) is 0 Å². The predicted molar refractivity (Wildman–Crippen MR) is 178 cm³/mol. The van der Waals surface area contributed by atoms with E-state index in [0.717, 1.165) is 24.3 Å². The van der Waals surface area contributed by atoms with E-state index in [2.05, 4.69) is 20.0 Å². The molecular formula is C30H18ClFN8O12. The summed E-state index contributed by atoms with van der Waals surface area (Å²) < 4.78 is 12.7. The first-order valence-electron chi connectivity index (χ1n) is 13.3. The molecule has 0 unspecified atom stereocenters. The topological polar surface area (TPSA) is 290 Å². The van der Waals surface area contributed by atoms with Gasteiger partial charge in [-0.3, -0.25) is 40.5 Å². The lowest BCUT2D eigenvalue weighted by Gasteiger charge is -1.97. The van der Waals surface area contributed by atoms with Crippen LogP contribution in [-0.4, -0.2) is 44.0 Å². The molecular weight excluding hydrogens is 719 g/mol. The van der Waals surface area contributed by atoms with Crippen molar-refractivity contribution in [1.82, 2.24) is 0 Å². The molecule has 0 heterocycles. The minimum Gasteiger partial charge on any atom is -0.258 e. The molecule has 0 fully saturated rings. The lowest BCUT2D eigenvalue weighted by atomic mass is 10.2. The maximum absolute atomic E-state index is 12.7. The van der Waals surface area contributed by atoms with Gasteiger partial charge in [0.05, 0.1) is 25.4 Å². The Morgan fingerprint density at radius 2 is 1.10 bits per heavy atom. The summed E-state index contributed by atoms with van der Waals surface area (Å²) in [5.74, 6) is -0.797. The number of nitro benzene ring substituents is 4. The summed E-state index contributed by atoms with van der Waals surface area (Å²) in [5, 5.41) is 41.6. The number of aliphatic imine (C=N–C) groups is 4. The Kier molecular flexibility index (Phi) is 17.3. The Bertz CT molecular complexity index is 2080. The molecule has 0 saturated heterocycles. The van der Waals surface area contributed by atoms with Crippen LogP contribution in [-0.2, 0) is 19.2 Å². The highest BCUT2D eigenvalue weighted by molar-refractivity contribution is 6.33. The monoisotopic (exact) mass is 736 g/mol. The zero-order valence-electron chi connectivity index (χ0n) is 26.2. The maximum Gasteiger partial charge on any atom is 0.314 e. The summed E-state index contributed by atoms with van der Waals surface area (Å²) in [6, 6.07) is 15.7. The molecule has 52 heavy (non-hydrogen) atoms. The Balaban J connectivity index is 0.000000347. The van der Waals surface area contributed by atoms with Crippen LogP contribution in [0.2, 0.25) is 5.02 Å². The van der Waals surface area contributed by atoms with Crippen LogP contribution in [0, 0.1) is 60.1 Å². The number of hydrogen-bond donors (Lipinski definition) is 0. The predicted octanol–water partition coefficient (Wildman–Crippen LogP) is 7.66. The van der Waals surface area contributed by atoms with Gasteiger partial charge in [0, 0.05) is 29.3 Å². The van der Waals surface area contributed by atoms with Gasteiger partial charge in [-0.1, -0.05) is 35.9 Å². The SMILES string of the molecule is Cc1ccc(N=C=O)cc1[N+](=O)[O-].Cc1cccc(N=C=O)c1[N+](=O)[O-].O=C=Nc1cc([N+](=O)[O-])ccc1F.O=C=Nc1cccc(Cl)c1[N+](=O)[O-].